The fourth-order valence-electron chi connectivity index (χ4n) is 3.19. The normalized spacial score (nSPS) is 20.0. The minimum Gasteiger partial charge on any atom is -0.365 e. The molecule has 2 aliphatic heterocycles. The molecule has 0 radical (unpaired) electrons. The topological polar surface area (TPSA) is 36.0 Å². The van der Waals surface area contributed by atoms with Gasteiger partial charge in [0.1, 0.15) is 6.61 Å². The van der Waals surface area contributed by atoms with Crippen molar-refractivity contribution in [2.24, 2.45) is 0 Å². The van der Waals surface area contributed by atoms with Crippen molar-refractivity contribution in [1.82, 2.24) is 14.7 Å². The maximum atomic E-state index is 12.4. The fourth-order valence-corrected chi connectivity index (χ4v) is 4.21. The van der Waals surface area contributed by atoms with Crippen LogP contribution in [0.4, 0.5) is 0 Å². The summed E-state index contributed by atoms with van der Waals surface area (Å²) >= 11 is 7.25. The Morgan fingerprint density at radius 3 is 2.58 bits per heavy atom. The molecule has 0 spiro atoms. The Hall–Kier alpha value is -1.10. The first kappa shape index (κ1) is 19.7. The first-order valence-corrected chi connectivity index (χ1v) is 10.3. The molecular weight excluding hydrogens is 370 g/mol. The number of hydrogen-bond acceptors (Lipinski definition) is 5. The summed E-state index contributed by atoms with van der Waals surface area (Å²) in [6.45, 7) is 7.18. The number of ether oxygens (including phenoxy) is 1. The van der Waals surface area contributed by atoms with E-state index in [0.29, 0.717) is 15.8 Å². The lowest BCUT2D eigenvalue weighted by Gasteiger charge is -2.31. The third-order valence-electron chi connectivity index (χ3n) is 4.93. The highest BCUT2D eigenvalue weighted by Crippen LogP contribution is 2.24. The van der Waals surface area contributed by atoms with Gasteiger partial charge >= 0.3 is 0 Å². The van der Waals surface area contributed by atoms with Gasteiger partial charge in [-0.25, -0.2) is 0 Å². The lowest BCUT2D eigenvalue weighted by Crippen LogP contribution is -2.44. The molecule has 7 heteroatoms. The molecule has 2 saturated heterocycles. The van der Waals surface area contributed by atoms with Crippen LogP contribution in [0, 0.1) is 11.8 Å². The van der Waals surface area contributed by atoms with Crippen molar-refractivity contribution in [2.45, 2.75) is 18.9 Å². The molecule has 5 nitrogen and oxygen atoms in total. The first-order valence-electron chi connectivity index (χ1n) is 9.14. The molecule has 0 N–H and O–H groups in total. The molecule has 2 fully saturated rings. The number of likely N-dealkylation sites (tertiary alicyclic amines) is 1. The second-order valence-electron chi connectivity index (χ2n) is 6.84. The van der Waals surface area contributed by atoms with Gasteiger partial charge in [0.15, 0.2) is 0 Å². The van der Waals surface area contributed by atoms with Crippen LogP contribution < -0.4 is 0 Å². The molecule has 0 saturated carbocycles. The zero-order valence-electron chi connectivity index (χ0n) is 15.2. The lowest BCUT2D eigenvalue weighted by atomic mass is 10.1. The summed E-state index contributed by atoms with van der Waals surface area (Å²) < 4.78 is 6.52. The van der Waals surface area contributed by atoms with Gasteiger partial charge in [0.05, 0.1) is 21.9 Å². The molecular formula is C19H26ClN3O2S. The number of halogens is 1. The molecule has 1 aromatic rings. The van der Waals surface area contributed by atoms with Gasteiger partial charge in [-0.05, 0) is 32.0 Å². The van der Waals surface area contributed by atoms with Crippen molar-refractivity contribution in [3.05, 3.63) is 21.3 Å². The second kappa shape index (κ2) is 9.72. The standard InChI is InChI=1S/C19H26ClN3O2S/c1-21-11-13-22(14-12-21)8-2-3-15-25-16-6-9-23(10-7-16)19(24)17-4-5-18(20)26-17/h4-5,16H,6-15H2,1H3. The number of amides is 1. The minimum absolute atomic E-state index is 0.0762. The van der Waals surface area contributed by atoms with Crippen LogP contribution in [0.1, 0.15) is 22.5 Å². The Balaban J connectivity index is 1.32. The predicted octanol–water partition coefficient (Wildman–Crippen LogP) is 2.27. The zero-order chi connectivity index (χ0) is 18.4. The Bertz CT molecular complexity index is 653. The minimum atomic E-state index is 0.0762. The summed E-state index contributed by atoms with van der Waals surface area (Å²) in [6, 6.07) is 3.57. The number of thiophene rings is 1. The summed E-state index contributed by atoms with van der Waals surface area (Å²) in [5, 5.41) is 0. The molecule has 0 aromatic carbocycles. The number of hydrogen-bond donors (Lipinski definition) is 0. The Morgan fingerprint density at radius 2 is 1.92 bits per heavy atom. The molecule has 2 aliphatic rings. The molecule has 3 heterocycles. The highest BCUT2D eigenvalue weighted by Gasteiger charge is 2.24. The van der Waals surface area contributed by atoms with E-state index in [4.69, 9.17) is 16.3 Å². The van der Waals surface area contributed by atoms with Gasteiger partial charge in [0.25, 0.3) is 5.91 Å². The Kier molecular flexibility index (Phi) is 7.35. The maximum Gasteiger partial charge on any atom is 0.263 e. The average molecular weight is 396 g/mol. The SMILES string of the molecule is CN1CCN(CC#CCOC2CCN(C(=O)c3ccc(Cl)s3)CC2)CC1. The number of rotatable bonds is 4. The van der Waals surface area contributed by atoms with E-state index in [1.165, 1.54) is 11.3 Å². The molecule has 3 rings (SSSR count). The van der Waals surface area contributed by atoms with Crippen LogP contribution in [-0.2, 0) is 4.74 Å². The van der Waals surface area contributed by atoms with Crippen molar-refractivity contribution in [2.75, 3.05) is 59.5 Å². The van der Waals surface area contributed by atoms with Gasteiger partial charge in [-0.2, -0.15) is 0 Å². The van der Waals surface area contributed by atoms with Gasteiger partial charge in [-0.15, -0.1) is 11.3 Å². The number of carbonyl (C=O) groups excluding carboxylic acids is 1. The van der Waals surface area contributed by atoms with Crippen LogP contribution in [0.5, 0.6) is 0 Å². The summed E-state index contributed by atoms with van der Waals surface area (Å²) in [4.78, 5) is 19.7. The Labute approximate surface area is 164 Å². The number of nitrogens with zero attached hydrogens (tertiary/aromatic N) is 3. The number of piperidine rings is 1. The van der Waals surface area contributed by atoms with Gasteiger partial charge < -0.3 is 14.5 Å². The molecule has 0 unspecified atom stereocenters. The highest BCUT2D eigenvalue weighted by atomic mass is 35.5. The highest BCUT2D eigenvalue weighted by molar-refractivity contribution is 7.17. The third-order valence-corrected chi connectivity index (χ3v) is 6.15. The molecule has 0 aliphatic carbocycles. The van der Waals surface area contributed by atoms with Gasteiger partial charge in [-0.3, -0.25) is 9.69 Å². The maximum absolute atomic E-state index is 12.4. The molecule has 142 valence electrons. The fraction of sp³-hybridized carbons (Fsp3) is 0.632. The molecule has 1 amide bonds. The van der Waals surface area contributed by atoms with E-state index in [-0.39, 0.29) is 12.0 Å². The largest absolute Gasteiger partial charge is 0.365 e. The van der Waals surface area contributed by atoms with Crippen LogP contribution in [-0.4, -0.2) is 86.2 Å². The lowest BCUT2D eigenvalue weighted by molar-refractivity contribution is 0.0232. The van der Waals surface area contributed by atoms with Gasteiger partial charge in [-0.1, -0.05) is 23.4 Å². The van der Waals surface area contributed by atoms with E-state index in [0.717, 1.165) is 58.7 Å². The predicted molar refractivity (Wildman–Crippen MR) is 106 cm³/mol. The third kappa shape index (κ3) is 5.70. The van der Waals surface area contributed by atoms with E-state index < -0.39 is 0 Å². The summed E-state index contributed by atoms with van der Waals surface area (Å²) in [5.41, 5.74) is 0. The van der Waals surface area contributed by atoms with Crippen LogP contribution in [0.25, 0.3) is 0 Å². The Morgan fingerprint density at radius 1 is 1.19 bits per heavy atom. The summed E-state index contributed by atoms with van der Waals surface area (Å²) in [7, 11) is 2.16. The van der Waals surface area contributed by atoms with E-state index >= 15 is 0 Å². The molecule has 26 heavy (non-hydrogen) atoms. The first-order chi connectivity index (χ1) is 12.6. The van der Waals surface area contributed by atoms with E-state index in [2.05, 4.69) is 28.7 Å². The van der Waals surface area contributed by atoms with E-state index in [1.54, 1.807) is 12.1 Å². The number of piperazine rings is 1. The van der Waals surface area contributed by atoms with Gasteiger partial charge in [0.2, 0.25) is 0 Å². The second-order valence-corrected chi connectivity index (χ2v) is 8.55. The van der Waals surface area contributed by atoms with Crippen molar-refractivity contribution in [3.8, 4) is 11.8 Å². The van der Waals surface area contributed by atoms with E-state index in [1.807, 2.05) is 4.90 Å². The smallest absolute Gasteiger partial charge is 0.263 e. The van der Waals surface area contributed by atoms with E-state index in [9.17, 15) is 4.79 Å². The van der Waals surface area contributed by atoms with Crippen LogP contribution in [0.15, 0.2) is 12.1 Å². The van der Waals surface area contributed by atoms with Crippen molar-refractivity contribution in [3.63, 3.8) is 0 Å². The molecule has 0 atom stereocenters. The molecule has 0 bridgehead atoms. The average Bonchev–Trinajstić information content (AvgIpc) is 3.09. The monoisotopic (exact) mass is 395 g/mol. The number of carbonyl (C=O) groups is 1. The van der Waals surface area contributed by atoms with Crippen LogP contribution in [0.3, 0.4) is 0 Å². The van der Waals surface area contributed by atoms with Crippen molar-refractivity contribution >= 4 is 28.8 Å². The zero-order valence-corrected chi connectivity index (χ0v) is 16.8. The van der Waals surface area contributed by atoms with Crippen LogP contribution in [0.2, 0.25) is 4.34 Å². The summed E-state index contributed by atoms with van der Waals surface area (Å²) in [6.07, 6.45) is 1.93. The summed E-state index contributed by atoms with van der Waals surface area (Å²) in [5.74, 6) is 6.43. The van der Waals surface area contributed by atoms with Gasteiger partial charge in [0, 0.05) is 39.3 Å². The van der Waals surface area contributed by atoms with Crippen molar-refractivity contribution in [1.29, 1.82) is 0 Å². The van der Waals surface area contributed by atoms with Crippen molar-refractivity contribution < 1.29 is 9.53 Å². The number of likely N-dealkylation sites (N-methyl/N-ethyl adjacent to an activating group) is 1. The molecule has 1 aromatic heterocycles. The van der Waals surface area contributed by atoms with Crippen LogP contribution >= 0.6 is 22.9 Å². The quantitative estimate of drug-likeness (QED) is 0.733.